The number of hydrogen-bond donors (Lipinski definition) is 2. The van der Waals surface area contributed by atoms with Crippen molar-refractivity contribution in [3.63, 3.8) is 0 Å². The quantitative estimate of drug-likeness (QED) is 0.661. The highest BCUT2D eigenvalue weighted by Gasteiger charge is 2.22. The van der Waals surface area contributed by atoms with Crippen LogP contribution in [0.2, 0.25) is 0 Å². The molecule has 5 heteroatoms. The number of nitrogens with one attached hydrogen (secondary N) is 1. The number of anilines is 1. The van der Waals surface area contributed by atoms with Gasteiger partial charge in [-0.05, 0) is 24.6 Å². The number of aromatic nitrogens is 1. The summed E-state index contributed by atoms with van der Waals surface area (Å²) in [5.74, 6) is 5.95. The Morgan fingerprint density at radius 3 is 3.06 bits per heavy atom. The zero-order chi connectivity index (χ0) is 12.5. The first kappa shape index (κ1) is 11.9. The molecule has 0 radical (unpaired) electrons. The van der Waals surface area contributed by atoms with Crippen molar-refractivity contribution >= 4 is 32.5 Å². The number of nitrogens with zero attached hydrogens (tertiary/aromatic N) is 1. The van der Waals surface area contributed by atoms with Crippen LogP contribution in [0.5, 0.6) is 0 Å². The number of fused-ring (bicyclic) bond motifs is 1. The van der Waals surface area contributed by atoms with E-state index in [0.717, 1.165) is 46.4 Å². The third-order valence-electron chi connectivity index (χ3n) is 3.31. The molecule has 1 atom stereocenters. The van der Waals surface area contributed by atoms with Crippen LogP contribution in [0, 0.1) is 0 Å². The van der Waals surface area contributed by atoms with Gasteiger partial charge in [-0.1, -0.05) is 22.0 Å². The summed E-state index contributed by atoms with van der Waals surface area (Å²) in [5, 5.41) is 1.06. The summed E-state index contributed by atoms with van der Waals surface area (Å²) in [6.45, 7) is 1.52. The average molecular weight is 308 g/mol. The second kappa shape index (κ2) is 4.84. The minimum atomic E-state index is 0.333. The first-order chi connectivity index (χ1) is 8.79. The Hall–Kier alpha value is -1.17. The summed E-state index contributed by atoms with van der Waals surface area (Å²) < 4.78 is 6.46. The van der Waals surface area contributed by atoms with Crippen molar-refractivity contribution in [1.29, 1.82) is 0 Å². The molecule has 3 rings (SSSR count). The molecule has 1 aliphatic rings. The van der Waals surface area contributed by atoms with Gasteiger partial charge in [0.2, 0.25) is 0 Å². The van der Waals surface area contributed by atoms with E-state index >= 15 is 0 Å². The molecule has 0 spiro atoms. The second-order valence-corrected chi connectivity index (χ2v) is 5.29. The number of halogens is 1. The third-order valence-corrected chi connectivity index (χ3v) is 4.00. The molecule has 2 aromatic rings. The van der Waals surface area contributed by atoms with Gasteiger partial charge >= 0.3 is 0 Å². The Balaban J connectivity index is 2.18. The van der Waals surface area contributed by atoms with Crippen LogP contribution in [0.15, 0.2) is 28.7 Å². The van der Waals surface area contributed by atoms with Gasteiger partial charge in [0.25, 0.3) is 0 Å². The minimum Gasteiger partial charge on any atom is -0.381 e. The van der Waals surface area contributed by atoms with E-state index in [2.05, 4.69) is 21.4 Å². The number of nitrogens with two attached hydrogens (primary N) is 1. The number of hydrogen-bond acceptors (Lipinski definition) is 4. The van der Waals surface area contributed by atoms with Gasteiger partial charge in [0, 0.05) is 22.4 Å². The molecule has 0 saturated carbocycles. The van der Waals surface area contributed by atoms with Gasteiger partial charge in [-0.3, -0.25) is 10.8 Å². The van der Waals surface area contributed by atoms with E-state index in [1.807, 2.05) is 24.3 Å². The Morgan fingerprint density at radius 2 is 2.33 bits per heavy atom. The maximum atomic E-state index is 5.61. The molecule has 94 valence electrons. The molecular formula is C13H14BrN3O. The highest BCUT2D eigenvalue weighted by molar-refractivity contribution is 9.10. The summed E-state index contributed by atoms with van der Waals surface area (Å²) >= 11 is 3.54. The molecule has 0 aliphatic carbocycles. The molecule has 3 N–H and O–H groups in total. The summed E-state index contributed by atoms with van der Waals surface area (Å²) in [6, 6.07) is 8.05. The zero-order valence-corrected chi connectivity index (χ0v) is 11.4. The van der Waals surface area contributed by atoms with E-state index < -0.39 is 0 Å². The Morgan fingerprint density at radius 1 is 1.44 bits per heavy atom. The van der Waals surface area contributed by atoms with Gasteiger partial charge in [0.1, 0.15) is 0 Å². The SMILES string of the molecule is NNc1cc2c(Br)cccc2nc1C1CCOC1. The third kappa shape index (κ3) is 1.98. The van der Waals surface area contributed by atoms with Crippen molar-refractivity contribution in [3.05, 3.63) is 34.4 Å². The molecule has 18 heavy (non-hydrogen) atoms. The lowest BCUT2D eigenvalue weighted by molar-refractivity contribution is 0.193. The minimum absolute atomic E-state index is 0.333. The van der Waals surface area contributed by atoms with Crippen LogP contribution in [-0.4, -0.2) is 18.2 Å². The van der Waals surface area contributed by atoms with Gasteiger partial charge in [0.05, 0.1) is 23.5 Å². The molecule has 4 nitrogen and oxygen atoms in total. The number of hydrazine groups is 1. The number of pyridine rings is 1. The first-order valence-electron chi connectivity index (χ1n) is 5.93. The molecule has 1 aliphatic heterocycles. The summed E-state index contributed by atoms with van der Waals surface area (Å²) in [5.41, 5.74) is 5.61. The molecular weight excluding hydrogens is 294 g/mol. The van der Waals surface area contributed by atoms with Crippen LogP contribution in [0.1, 0.15) is 18.0 Å². The van der Waals surface area contributed by atoms with Crippen LogP contribution >= 0.6 is 15.9 Å². The second-order valence-electron chi connectivity index (χ2n) is 4.43. The number of ether oxygens (including phenoxy) is 1. The normalized spacial score (nSPS) is 19.3. The molecule has 1 unspecified atom stereocenters. The largest absolute Gasteiger partial charge is 0.381 e. The lowest BCUT2D eigenvalue weighted by Gasteiger charge is -2.14. The van der Waals surface area contributed by atoms with E-state index in [-0.39, 0.29) is 0 Å². The van der Waals surface area contributed by atoms with Crippen molar-refractivity contribution in [3.8, 4) is 0 Å². The van der Waals surface area contributed by atoms with Crippen LogP contribution in [0.4, 0.5) is 5.69 Å². The van der Waals surface area contributed by atoms with Crippen LogP contribution in [0.25, 0.3) is 10.9 Å². The standard InChI is InChI=1S/C13H14BrN3O/c14-10-2-1-3-11-9(10)6-12(17-15)13(16-11)8-4-5-18-7-8/h1-3,6,8,17H,4-5,7,15H2. The van der Waals surface area contributed by atoms with E-state index in [9.17, 15) is 0 Å². The topological polar surface area (TPSA) is 60.2 Å². The van der Waals surface area contributed by atoms with E-state index in [4.69, 9.17) is 15.6 Å². The van der Waals surface area contributed by atoms with Crippen molar-refractivity contribution in [2.75, 3.05) is 18.6 Å². The fraction of sp³-hybridized carbons (Fsp3) is 0.308. The van der Waals surface area contributed by atoms with Gasteiger partial charge in [0.15, 0.2) is 0 Å². The van der Waals surface area contributed by atoms with E-state index in [1.165, 1.54) is 0 Å². The molecule has 1 aromatic carbocycles. The van der Waals surface area contributed by atoms with Crippen molar-refractivity contribution < 1.29 is 4.74 Å². The smallest absolute Gasteiger partial charge is 0.0718 e. The summed E-state index contributed by atoms with van der Waals surface area (Å²) in [6.07, 6.45) is 1.00. The van der Waals surface area contributed by atoms with Gasteiger partial charge in [-0.2, -0.15) is 0 Å². The Bertz CT molecular complexity index is 582. The van der Waals surface area contributed by atoms with Gasteiger partial charge < -0.3 is 10.2 Å². The maximum absolute atomic E-state index is 5.61. The lowest BCUT2D eigenvalue weighted by Crippen LogP contribution is -2.13. The predicted molar refractivity (Wildman–Crippen MR) is 75.4 cm³/mol. The molecule has 2 heterocycles. The fourth-order valence-electron chi connectivity index (χ4n) is 2.35. The van der Waals surface area contributed by atoms with E-state index in [0.29, 0.717) is 5.92 Å². The van der Waals surface area contributed by atoms with Crippen molar-refractivity contribution in [2.24, 2.45) is 5.84 Å². The zero-order valence-electron chi connectivity index (χ0n) is 9.82. The molecule has 1 aromatic heterocycles. The highest BCUT2D eigenvalue weighted by Crippen LogP contribution is 2.33. The predicted octanol–water partition coefficient (Wildman–Crippen LogP) is 2.79. The number of rotatable bonds is 2. The molecule has 1 fully saturated rings. The Kier molecular flexibility index (Phi) is 3.20. The molecule has 0 bridgehead atoms. The number of nitrogen functional groups attached to an aromatic ring is 1. The van der Waals surface area contributed by atoms with Crippen LogP contribution in [-0.2, 0) is 4.74 Å². The lowest BCUT2D eigenvalue weighted by atomic mass is 10.0. The Labute approximate surface area is 114 Å². The van der Waals surface area contributed by atoms with Gasteiger partial charge in [-0.25, -0.2) is 0 Å². The van der Waals surface area contributed by atoms with Crippen molar-refractivity contribution in [1.82, 2.24) is 4.98 Å². The first-order valence-corrected chi connectivity index (χ1v) is 6.72. The molecule has 1 saturated heterocycles. The van der Waals surface area contributed by atoms with Crippen LogP contribution in [0.3, 0.4) is 0 Å². The van der Waals surface area contributed by atoms with Gasteiger partial charge in [-0.15, -0.1) is 0 Å². The maximum Gasteiger partial charge on any atom is 0.0718 e. The van der Waals surface area contributed by atoms with Crippen LogP contribution < -0.4 is 11.3 Å². The summed E-state index contributed by atoms with van der Waals surface area (Å²) in [4.78, 5) is 4.74. The summed E-state index contributed by atoms with van der Waals surface area (Å²) in [7, 11) is 0. The fourth-order valence-corrected chi connectivity index (χ4v) is 2.82. The number of benzene rings is 1. The van der Waals surface area contributed by atoms with Crippen molar-refractivity contribution in [2.45, 2.75) is 12.3 Å². The molecule has 0 amide bonds. The van der Waals surface area contributed by atoms with E-state index in [1.54, 1.807) is 0 Å². The monoisotopic (exact) mass is 307 g/mol. The average Bonchev–Trinajstić information content (AvgIpc) is 2.91. The highest BCUT2D eigenvalue weighted by atomic mass is 79.9.